The monoisotopic (exact) mass is 543 g/mol. The third-order valence-corrected chi connectivity index (χ3v) is 7.83. The lowest BCUT2D eigenvalue weighted by Gasteiger charge is -2.24. The summed E-state index contributed by atoms with van der Waals surface area (Å²) in [6.07, 6.45) is 1.98. The van der Waals surface area contributed by atoms with Crippen molar-refractivity contribution in [2.75, 3.05) is 44.4 Å². The summed E-state index contributed by atoms with van der Waals surface area (Å²) in [5.74, 6) is 0.780. The fourth-order valence-electron chi connectivity index (χ4n) is 4.69. The normalized spacial score (nSPS) is 13.4. The van der Waals surface area contributed by atoms with Gasteiger partial charge in [-0.25, -0.2) is 13.4 Å². The molecule has 1 aromatic heterocycles. The summed E-state index contributed by atoms with van der Waals surface area (Å²) in [7, 11) is 0.319. The van der Waals surface area contributed by atoms with Crippen molar-refractivity contribution in [2.24, 2.45) is 4.99 Å². The van der Waals surface area contributed by atoms with E-state index in [1.54, 1.807) is 42.5 Å². The minimum atomic E-state index is -3.47. The van der Waals surface area contributed by atoms with Crippen molar-refractivity contribution >= 4 is 38.0 Å². The van der Waals surface area contributed by atoms with E-state index in [2.05, 4.69) is 11.1 Å². The van der Waals surface area contributed by atoms with Gasteiger partial charge in [-0.15, -0.1) is 0 Å². The van der Waals surface area contributed by atoms with Crippen LogP contribution in [0.3, 0.4) is 0 Å². The summed E-state index contributed by atoms with van der Waals surface area (Å²) in [6, 6.07) is 20.1. The Balaban J connectivity index is 1.61. The largest absolute Gasteiger partial charge is 0.494 e. The van der Waals surface area contributed by atoms with Crippen LogP contribution >= 0.6 is 0 Å². The number of nitrogens with zero attached hydrogens (tertiary/aromatic N) is 4. The number of hydrogen-bond acceptors (Lipinski definition) is 7. The smallest absolute Gasteiger partial charge is 0.232 e. The van der Waals surface area contributed by atoms with Crippen LogP contribution in [-0.2, 0) is 16.4 Å². The van der Waals surface area contributed by atoms with Gasteiger partial charge in [-0.2, -0.15) is 5.26 Å². The minimum absolute atomic E-state index is 0.0563. The van der Waals surface area contributed by atoms with Crippen LogP contribution in [0.4, 0.5) is 11.4 Å². The molecule has 3 aromatic carbocycles. The van der Waals surface area contributed by atoms with Gasteiger partial charge < -0.3 is 19.7 Å². The highest BCUT2D eigenvalue weighted by atomic mass is 32.2. The molecule has 0 amide bonds. The molecule has 200 valence electrons. The number of aromatic amines is 1. The number of hydrogen-bond donors (Lipinski definition) is 2. The number of likely N-dealkylation sites (N-methyl/N-ethyl adjacent to an activating group) is 1. The van der Waals surface area contributed by atoms with E-state index in [1.807, 2.05) is 37.2 Å². The number of rotatable bonds is 8. The molecule has 2 N–H and O–H groups in total. The minimum Gasteiger partial charge on any atom is -0.494 e. The zero-order valence-corrected chi connectivity index (χ0v) is 22.8. The van der Waals surface area contributed by atoms with Gasteiger partial charge in [-0.1, -0.05) is 6.07 Å². The number of aromatic nitrogens is 1. The number of anilines is 1. The molecule has 2 heterocycles. The molecule has 0 atom stereocenters. The van der Waals surface area contributed by atoms with Crippen LogP contribution in [0.2, 0.25) is 0 Å². The van der Waals surface area contributed by atoms with Crippen molar-refractivity contribution in [2.45, 2.75) is 6.42 Å². The second-order valence-corrected chi connectivity index (χ2v) is 11.7. The third kappa shape index (κ3) is 5.46. The van der Waals surface area contributed by atoms with Gasteiger partial charge >= 0.3 is 0 Å². The molecule has 5 rings (SSSR count). The van der Waals surface area contributed by atoms with Gasteiger partial charge in [-0.05, 0) is 74.3 Å². The lowest BCUT2D eigenvalue weighted by molar-refractivity contribution is 0.357. The maximum atomic E-state index is 12.5. The highest BCUT2D eigenvalue weighted by molar-refractivity contribution is 7.92. The number of sulfonamides is 1. The molecule has 0 saturated heterocycles. The Labute approximate surface area is 227 Å². The van der Waals surface area contributed by atoms with Gasteiger partial charge in [0, 0.05) is 30.5 Å². The number of H-pyrrole nitrogens is 1. The van der Waals surface area contributed by atoms with E-state index in [4.69, 9.17) is 9.73 Å². The summed E-state index contributed by atoms with van der Waals surface area (Å²) in [5, 5.41) is 21.0. The van der Waals surface area contributed by atoms with Crippen molar-refractivity contribution in [1.82, 2.24) is 9.88 Å². The van der Waals surface area contributed by atoms with E-state index in [0.29, 0.717) is 53.4 Å². The molecule has 1 aliphatic heterocycles. The number of fused-ring (bicyclic) bond motifs is 2. The summed E-state index contributed by atoms with van der Waals surface area (Å²) in [5.41, 5.74) is 5.16. The summed E-state index contributed by atoms with van der Waals surface area (Å²) in [4.78, 5) is 9.85. The first-order chi connectivity index (χ1) is 18.6. The zero-order valence-electron chi connectivity index (χ0n) is 22.0. The van der Waals surface area contributed by atoms with Gasteiger partial charge in [0.15, 0.2) is 5.88 Å². The van der Waals surface area contributed by atoms with E-state index < -0.39 is 10.0 Å². The third-order valence-electron chi connectivity index (χ3n) is 6.64. The maximum absolute atomic E-state index is 12.5. The van der Waals surface area contributed by atoms with Crippen LogP contribution in [0.25, 0.3) is 10.9 Å². The van der Waals surface area contributed by atoms with Crippen LogP contribution in [0.15, 0.2) is 65.7 Å². The molecule has 0 unspecified atom stereocenters. The maximum Gasteiger partial charge on any atom is 0.232 e. The van der Waals surface area contributed by atoms with E-state index >= 15 is 0 Å². The van der Waals surface area contributed by atoms with E-state index in [9.17, 15) is 18.8 Å². The second kappa shape index (κ2) is 10.4. The van der Waals surface area contributed by atoms with Crippen molar-refractivity contribution in [1.29, 1.82) is 5.26 Å². The predicted molar refractivity (Wildman–Crippen MR) is 153 cm³/mol. The van der Waals surface area contributed by atoms with Crippen molar-refractivity contribution in [3.05, 3.63) is 82.9 Å². The number of benzene rings is 3. The Morgan fingerprint density at radius 3 is 2.56 bits per heavy atom. The first kappa shape index (κ1) is 26.3. The van der Waals surface area contributed by atoms with Gasteiger partial charge in [0.25, 0.3) is 0 Å². The summed E-state index contributed by atoms with van der Waals surface area (Å²) < 4.78 is 32.0. The second-order valence-electron chi connectivity index (χ2n) is 9.76. The topological polar surface area (TPSA) is 122 Å². The first-order valence-electron chi connectivity index (χ1n) is 12.5. The molecular weight excluding hydrogens is 514 g/mol. The number of nitriles is 1. The Morgan fingerprint density at radius 2 is 1.87 bits per heavy atom. The van der Waals surface area contributed by atoms with Crippen LogP contribution in [-0.4, -0.2) is 69.2 Å². The Hall–Kier alpha value is -4.33. The molecule has 0 radical (unpaired) electrons. The predicted octanol–water partition coefficient (Wildman–Crippen LogP) is 4.18. The quantitative estimate of drug-likeness (QED) is 0.322. The molecule has 0 fully saturated rings. The van der Waals surface area contributed by atoms with Gasteiger partial charge in [0.1, 0.15) is 5.75 Å². The van der Waals surface area contributed by atoms with Crippen LogP contribution in [0, 0.1) is 11.3 Å². The molecule has 39 heavy (non-hydrogen) atoms. The molecule has 0 spiro atoms. The first-order valence-corrected chi connectivity index (χ1v) is 14.3. The molecule has 10 heteroatoms. The number of ether oxygens (including phenoxy) is 1. The van der Waals surface area contributed by atoms with Crippen molar-refractivity contribution in [3.63, 3.8) is 0 Å². The molecule has 0 bridgehead atoms. The average Bonchev–Trinajstić information content (AvgIpc) is 3.49. The van der Waals surface area contributed by atoms with E-state index in [0.717, 1.165) is 28.7 Å². The molecular formula is C29H29N5O4S. The highest BCUT2D eigenvalue weighted by Crippen LogP contribution is 2.34. The lowest BCUT2D eigenvalue weighted by atomic mass is 9.98. The Bertz CT molecular complexity index is 1720. The zero-order chi connectivity index (χ0) is 27.7. The highest BCUT2D eigenvalue weighted by Gasteiger charge is 2.22. The molecule has 4 aromatic rings. The van der Waals surface area contributed by atoms with Crippen LogP contribution in [0.1, 0.15) is 22.3 Å². The molecule has 1 aliphatic rings. The molecule has 0 saturated carbocycles. The van der Waals surface area contributed by atoms with Crippen LogP contribution < -0.4 is 9.04 Å². The lowest BCUT2D eigenvalue weighted by Crippen LogP contribution is -2.35. The average molecular weight is 544 g/mol. The number of nitrogens with one attached hydrogen (secondary N) is 1. The summed E-state index contributed by atoms with van der Waals surface area (Å²) >= 11 is 0. The van der Waals surface area contributed by atoms with Crippen LogP contribution in [0.5, 0.6) is 11.6 Å². The Morgan fingerprint density at radius 1 is 1.10 bits per heavy atom. The van der Waals surface area contributed by atoms with Crippen molar-refractivity contribution < 1.29 is 18.3 Å². The van der Waals surface area contributed by atoms with E-state index in [-0.39, 0.29) is 5.88 Å². The SMILES string of the molecule is CN(C)CCN(c1ccc(N=C(c2ccc3c(c2)CCO3)c2c(O)[nH]c3cc(C#N)ccc23)cc1)S(C)(=O)=O. The molecule has 9 nitrogen and oxygen atoms in total. The van der Waals surface area contributed by atoms with Gasteiger partial charge in [0.05, 0.1) is 52.7 Å². The fraction of sp³-hybridized carbons (Fsp3) is 0.241. The number of aromatic hydroxyl groups is 1. The molecule has 0 aliphatic carbocycles. The van der Waals surface area contributed by atoms with Crippen molar-refractivity contribution in [3.8, 4) is 17.7 Å². The number of aliphatic imine (C=N–C) groups is 1. The van der Waals surface area contributed by atoms with Gasteiger partial charge in [0.2, 0.25) is 10.0 Å². The summed E-state index contributed by atoms with van der Waals surface area (Å²) in [6.45, 7) is 1.52. The van der Waals surface area contributed by atoms with E-state index in [1.165, 1.54) is 10.6 Å². The standard InChI is InChI=1S/C29H29N5O4S/c1-33(2)13-14-34(39(3,36)37)23-8-6-22(7-9-23)31-28(21-5-11-26-20(17-21)12-15-38-26)27-24-10-4-19(18-30)16-25(24)32-29(27)35/h4-11,16-17,32,35H,12-15H2,1-3H3. The fourth-order valence-corrected chi connectivity index (χ4v) is 5.61. The van der Waals surface area contributed by atoms with Gasteiger partial charge in [-0.3, -0.25) is 4.31 Å². The Kier molecular flexibility index (Phi) is 7.04.